The van der Waals surface area contributed by atoms with Crippen LogP contribution in [0.1, 0.15) is 24.8 Å². The van der Waals surface area contributed by atoms with Gasteiger partial charge in [0.05, 0.1) is 17.9 Å². The molecule has 1 atom stereocenters. The highest BCUT2D eigenvalue weighted by molar-refractivity contribution is 7.10. The van der Waals surface area contributed by atoms with E-state index >= 15 is 0 Å². The largest absolute Gasteiger partial charge is 0.376 e. The van der Waals surface area contributed by atoms with Gasteiger partial charge in [0, 0.05) is 4.88 Å². The first-order valence-corrected chi connectivity index (χ1v) is 6.84. The number of halogens is 1. The number of nitrogens with one attached hydrogen (secondary N) is 1. The van der Waals surface area contributed by atoms with Crippen molar-refractivity contribution in [1.82, 2.24) is 4.98 Å². The fraction of sp³-hybridized carbons (Fsp3) is 0.308. The van der Waals surface area contributed by atoms with Gasteiger partial charge in [-0.05, 0) is 29.5 Å². The van der Waals surface area contributed by atoms with Gasteiger partial charge in [-0.15, -0.1) is 11.3 Å². The number of aromatic nitrogens is 1. The van der Waals surface area contributed by atoms with E-state index in [-0.39, 0.29) is 0 Å². The Morgan fingerprint density at radius 1 is 1.29 bits per heavy atom. The molecule has 2 heterocycles. The van der Waals surface area contributed by atoms with Gasteiger partial charge in [-0.1, -0.05) is 31.5 Å². The van der Waals surface area contributed by atoms with Crippen molar-refractivity contribution in [1.29, 1.82) is 0 Å². The molecule has 0 aliphatic rings. The molecule has 0 aliphatic carbocycles. The van der Waals surface area contributed by atoms with Crippen molar-refractivity contribution >= 4 is 28.6 Å². The van der Waals surface area contributed by atoms with E-state index in [0.717, 1.165) is 5.69 Å². The number of anilines is 1. The van der Waals surface area contributed by atoms with Crippen LogP contribution in [0.5, 0.6) is 0 Å². The monoisotopic (exact) mass is 266 g/mol. The van der Waals surface area contributed by atoms with Crippen molar-refractivity contribution in [3.05, 3.63) is 45.9 Å². The quantitative estimate of drug-likeness (QED) is 0.818. The molecular formula is C13H15ClN2S. The molecule has 2 rings (SSSR count). The zero-order chi connectivity index (χ0) is 12.3. The van der Waals surface area contributed by atoms with Crippen LogP contribution in [0.15, 0.2) is 35.8 Å². The molecule has 1 unspecified atom stereocenters. The van der Waals surface area contributed by atoms with Crippen LogP contribution < -0.4 is 5.32 Å². The third-order valence-electron chi connectivity index (χ3n) is 2.57. The molecule has 0 fully saturated rings. The van der Waals surface area contributed by atoms with Crippen LogP contribution >= 0.6 is 22.9 Å². The van der Waals surface area contributed by atoms with Crippen molar-refractivity contribution in [3.8, 4) is 0 Å². The molecule has 0 saturated heterocycles. The molecule has 2 aromatic rings. The van der Waals surface area contributed by atoms with E-state index < -0.39 is 0 Å². The highest BCUT2D eigenvalue weighted by Crippen LogP contribution is 2.29. The number of hydrogen-bond donors (Lipinski definition) is 1. The van der Waals surface area contributed by atoms with E-state index in [1.807, 2.05) is 6.07 Å². The molecule has 2 aromatic heterocycles. The highest BCUT2D eigenvalue weighted by atomic mass is 35.5. The van der Waals surface area contributed by atoms with E-state index in [9.17, 15) is 0 Å². The molecule has 0 amide bonds. The minimum Gasteiger partial charge on any atom is -0.376 e. The van der Waals surface area contributed by atoms with Crippen molar-refractivity contribution in [2.75, 3.05) is 5.32 Å². The van der Waals surface area contributed by atoms with Gasteiger partial charge in [-0.3, -0.25) is 0 Å². The zero-order valence-corrected chi connectivity index (χ0v) is 11.4. The third-order valence-corrected chi connectivity index (χ3v) is 3.74. The minimum absolute atomic E-state index is 0.318. The molecule has 0 aromatic carbocycles. The Kier molecular flexibility index (Phi) is 4.02. The normalized spacial score (nSPS) is 12.7. The Morgan fingerprint density at radius 3 is 2.65 bits per heavy atom. The number of pyridine rings is 1. The topological polar surface area (TPSA) is 24.9 Å². The molecule has 0 bridgehead atoms. The van der Waals surface area contributed by atoms with Gasteiger partial charge in [0.2, 0.25) is 0 Å². The maximum Gasteiger partial charge on any atom is 0.129 e. The van der Waals surface area contributed by atoms with Crippen LogP contribution in [0.25, 0.3) is 0 Å². The molecule has 90 valence electrons. The van der Waals surface area contributed by atoms with Gasteiger partial charge >= 0.3 is 0 Å². The summed E-state index contributed by atoms with van der Waals surface area (Å²) < 4.78 is 0. The summed E-state index contributed by atoms with van der Waals surface area (Å²) in [6, 6.07) is 8.31. The van der Waals surface area contributed by atoms with Crippen molar-refractivity contribution in [3.63, 3.8) is 0 Å². The second-order valence-corrected chi connectivity index (χ2v) is 5.62. The average molecular weight is 267 g/mol. The SMILES string of the molecule is CC(C)C(Nc1ccc(Cl)nc1)c1cccs1. The highest BCUT2D eigenvalue weighted by Gasteiger charge is 2.16. The lowest BCUT2D eigenvalue weighted by molar-refractivity contribution is 0.553. The van der Waals surface area contributed by atoms with Crippen molar-refractivity contribution in [2.24, 2.45) is 5.92 Å². The predicted molar refractivity (Wildman–Crippen MR) is 74.8 cm³/mol. The molecule has 2 nitrogen and oxygen atoms in total. The van der Waals surface area contributed by atoms with Crippen LogP contribution in [0, 0.1) is 5.92 Å². The summed E-state index contributed by atoms with van der Waals surface area (Å²) in [7, 11) is 0. The molecule has 0 aliphatic heterocycles. The van der Waals surface area contributed by atoms with Gasteiger partial charge in [-0.25, -0.2) is 4.98 Å². The molecule has 0 radical (unpaired) electrons. The standard InChI is InChI=1S/C13H15ClN2S/c1-9(2)13(11-4-3-7-17-11)16-10-5-6-12(14)15-8-10/h3-9,13,16H,1-2H3. The zero-order valence-electron chi connectivity index (χ0n) is 9.85. The second-order valence-electron chi connectivity index (χ2n) is 4.25. The van der Waals surface area contributed by atoms with Crippen molar-refractivity contribution < 1.29 is 0 Å². The molecule has 0 saturated carbocycles. The Bertz CT molecular complexity index is 451. The van der Waals surface area contributed by atoms with Crippen LogP contribution in [0.4, 0.5) is 5.69 Å². The summed E-state index contributed by atoms with van der Waals surface area (Å²) in [5.41, 5.74) is 1.00. The lowest BCUT2D eigenvalue weighted by atomic mass is 10.0. The number of hydrogen-bond acceptors (Lipinski definition) is 3. The van der Waals surface area contributed by atoms with Gasteiger partial charge in [-0.2, -0.15) is 0 Å². The fourth-order valence-corrected chi connectivity index (χ4v) is 2.74. The predicted octanol–water partition coefficient (Wildman–Crippen LogP) is 4.61. The Morgan fingerprint density at radius 2 is 2.12 bits per heavy atom. The first-order valence-electron chi connectivity index (χ1n) is 5.58. The smallest absolute Gasteiger partial charge is 0.129 e. The third kappa shape index (κ3) is 3.20. The summed E-state index contributed by atoms with van der Waals surface area (Å²) in [4.78, 5) is 5.42. The summed E-state index contributed by atoms with van der Waals surface area (Å²) in [5, 5.41) is 6.12. The summed E-state index contributed by atoms with van der Waals surface area (Å²) in [6.07, 6.45) is 1.77. The maximum atomic E-state index is 5.77. The minimum atomic E-state index is 0.318. The van der Waals surface area contributed by atoms with Crippen LogP contribution in [0.3, 0.4) is 0 Å². The first-order chi connectivity index (χ1) is 8.16. The van der Waals surface area contributed by atoms with Crippen LogP contribution in [-0.2, 0) is 0 Å². The Balaban J connectivity index is 2.16. The van der Waals surface area contributed by atoms with E-state index in [4.69, 9.17) is 11.6 Å². The first kappa shape index (κ1) is 12.4. The summed E-state index contributed by atoms with van der Waals surface area (Å²) in [5.74, 6) is 0.518. The average Bonchev–Trinajstić information content (AvgIpc) is 2.81. The van der Waals surface area contributed by atoms with Gasteiger partial charge < -0.3 is 5.32 Å². The molecular weight excluding hydrogens is 252 g/mol. The Labute approximate surface area is 111 Å². The lowest BCUT2D eigenvalue weighted by Crippen LogP contribution is -2.15. The van der Waals surface area contributed by atoms with Gasteiger partial charge in [0.25, 0.3) is 0 Å². The van der Waals surface area contributed by atoms with Crippen LogP contribution in [-0.4, -0.2) is 4.98 Å². The number of thiophene rings is 1. The molecule has 17 heavy (non-hydrogen) atoms. The molecule has 1 N–H and O–H groups in total. The summed E-state index contributed by atoms with van der Waals surface area (Å²) >= 11 is 7.55. The molecule has 4 heteroatoms. The molecule has 0 spiro atoms. The van der Waals surface area contributed by atoms with E-state index in [1.165, 1.54) is 4.88 Å². The Hall–Kier alpha value is -1.06. The van der Waals surface area contributed by atoms with Gasteiger partial charge in [0.15, 0.2) is 0 Å². The van der Waals surface area contributed by atoms with Crippen LogP contribution in [0.2, 0.25) is 5.15 Å². The lowest BCUT2D eigenvalue weighted by Gasteiger charge is -2.22. The maximum absolute atomic E-state index is 5.77. The van der Waals surface area contributed by atoms with Gasteiger partial charge in [0.1, 0.15) is 5.15 Å². The van der Waals surface area contributed by atoms with E-state index in [0.29, 0.717) is 17.1 Å². The van der Waals surface area contributed by atoms with E-state index in [2.05, 4.69) is 41.7 Å². The second kappa shape index (κ2) is 5.52. The number of nitrogens with zero attached hydrogens (tertiary/aromatic N) is 1. The van der Waals surface area contributed by atoms with E-state index in [1.54, 1.807) is 23.6 Å². The van der Waals surface area contributed by atoms with Crippen molar-refractivity contribution in [2.45, 2.75) is 19.9 Å². The number of rotatable bonds is 4. The summed E-state index contributed by atoms with van der Waals surface area (Å²) in [6.45, 7) is 4.42. The fourth-order valence-electron chi connectivity index (χ4n) is 1.68.